The van der Waals surface area contributed by atoms with E-state index in [9.17, 15) is 43.2 Å². The van der Waals surface area contributed by atoms with E-state index in [1.165, 1.54) is 6.07 Å². The summed E-state index contributed by atoms with van der Waals surface area (Å²) in [5.41, 5.74) is 7.27. The highest BCUT2D eigenvalue weighted by Crippen LogP contribution is 2.40. The number of imidazole rings is 2. The van der Waals surface area contributed by atoms with Gasteiger partial charge in [0, 0.05) is 88.6 Å². The highest BCUT2D eigenvalue weighted by atomic mass is 16.2. The Morgan fingerprint density at radius 2 is 0.890 bits per heavy atom. The van der Waals surface area contributed by atoms with Gasteiger partial charge in [-0.15, -0.1) is 0 Å². The Morgan fingerprint density at radius 1 is 0.480 bits per heavy atom. The van der Waals surface area contributed by atoms with E-state index in [4.69, 9.17) is 0 Å². The van der Waals surface area contributed by atoms with Crippen LogP contribution in [0.3, 0.4) is 0 Å². The molecular formula is C76H91N15O9. The number of para-hydroxylation sites is 6. The van der Waals surface area contributed by atoms with Gasteiger partial charge in [-0.1, -0.05) is 81.1 Å². The lowest BCUT2D eigenvalue weighted by Crippen LogP contribution is -2.42. The quantitative estimate of drug-likeness (QED) is 0.0201. The van der Waals surface area contributed by atoms with Crippen LogP contribution in [0.15, 0.2) is 140 Å². The van der Waals surface area contributed by atoms with Gasteiger partial charge in [0.05, 0.1) is 82.4 Å². The maximum Gasteiger partial charge on any atom is 0.257 e. The van der Waals surface area contributed by atoms with Crippen molar-refractivity contribution < 1.29 is 43.2 Å². The number of carbonyl (C=O) groups is 9. The molecule has 0 radical (unpaired) electrons. The van der Waals surface area contributed by atoms with Crippen molar-refractivity contribution in [1.29, 1.82) is 0 Å². The third kappa shape index (κ3) is 19.3. The first kappa shape index (κ1) is 71.0. The number of rotatable bonds is 31. The lowest BCUT2D eigenvalue weighted by molar-refractivity contribution is -0.121. The summed E-state index contributed by atoms with van der Waals surface area (Å²) in [7, 11) is 0. The fourth-order valence-corrected chi connectivity index (χ4v) is 13.6. The van der Waals surface area contributed by atoms with Gasteiger partial charge in [0.2, 0.25) is 29.5 Å². The Hall–Kier alpha value is -10.3. The number of carbonyl (C=O) groups excluding carboxylic acids is 9. The first-order valence-electron chi connectivity index (χ1n) is 35.3. The zero-order valence-corrected chi connectivity index (χ0v) is 57.0. The van der Waals surface area contributed by atoms with E-state index in [0.717, 1.165) is 115 Å². The number of hydrogen-bond donors (Lipinski definition) is 7. The Morgan fingerprint density at radius 3 is 1.33 bits per heavy atom. The second kappa shape index (κ2) is 34.9. The molecule has 2 saturated heterocycles. The van der Waals surface area contributed by atoms with Crippen molar-refractivity contribution >= 4 is 87.3 Å². The van der Waals surface area contributed by atoms with E-state index in [2.05, 4.69) is 66.1 Å². The van der Waals surface area contributed by atoms with E-state index >= 15 is 0 Å². The third-order valence-corrected chi connectivity index (χ3v) is 19.1. The zero-order chi connectivity index (χ0) is 69.7. The van der Waals surface area contributed by atoms with Crippen molar-refractivity contribution in [3.8, 4) is 0 Å². The first-order chi connectivity index (χ1) is 48.7. The minimum Gasteiger partial charge on any atom is -0.354 e. The smallest absolute Gasteiger partial charge is 0.257 e. The molecule has 0 saturated carbocycles. The lowest BCUT2D eigenvalue weighted by Gasteiger charge is -2.33. The van der Waals surface area contributed by atoms with Crippen LogP contribution in [0, 0.1) is 11.8 Å². The van der Waals surface area contributed by atoms with Crippen LogP contribution in [0.1, 0.15) is 149 Å². The number of aryl methyl sites for hydroxylation is 4. The molecule has 0 spiro atoms. The van der Waals surface area contributed by atoms with Crippen LogP contribution in [0.4, 0.5) is 34.1 Å². The second-order valence-corrected chi connectivity index (χ2v) is 26.3. The summed E-state index contributed by atoms with van der Waals surface area (Å²) < 4.78 is 4.13. The van der Waals surface area contributed by atoms with Crippen molar-refractivity contribution in [2.24, 2.45) is 11.8 Å². The molecule has 24 nitrogen and oxygen atoms in total. The summed E-state index contributed by atoms with van der Waals surface area (Å²) in [5.74, 6) is -0.883. The maximum absolute atomic E-state index is 13.9. The van der Waals surface area contributed by atoms with Gasteiger partial charge in [-0.25, -0.2) is 9.97 Å². The van der Waals surface area contributed by atoms with E-state index in [1.54, 1.807) is 53.6 Å². The molecule has 5 aromatic carbocycles. The van der Waals surface area contributed by atoms with Crippen LogP contribution in [0.2, 0.25) is 0 Å². The van der Waals surface area contributed by atoms with Gasteiger partial charge in [-0.05, 0) is 162 Å². The molecule has 7 N–H and O–H groups in total. The second-order valence-electron chi connectivity index (χ2n) is 26.3. The van der Waals surface area contributed by atoms with Gasteiger partial charge in [0.15, 0.2) is 0 Å². The monoisotopic (exact) mass is 1360 g/mol. The molecule has 4 aliphatic rings. The molecule has 0 bridgehead atoms. The first-order valence-corrected chi connectivity index (χ1v) is 35.3. The Bertz CT molecular complexity index is 3810. The predicted octanol–water partition coefficient (Wildman–Crippen LogP) is 8.69. The molecule has 2 fully saturated rings. The SMILES string of the molecule is CCC(=O)NCc1cc(C(=O)NCCNC(=O)CCc2cn(CCCCC3CCN(CC(=O)N4c5ccccc5NC(=O)c5ccccc54)CC3)cn2)cc(C(=O)NCCNC(=O)CCc2cn(CCCCC3CCN(CC(=O)N4c5ccccc5NC(=O)c5ccccc54)CC3)cn2)c1. The van der Waals surface area contributed by atoms with Crippen LogP contribution in [0.25, 0.3) is 0 Å². The number of benzene rings is 5. The van der Waals surface area contributed by atoms with Crippen LogP contribution < -0.4 is 47.0 Å². The molecule has 24 heteroatoms. The predicted molar refractivity (Wildman–Crippen MR) is 382 cm³/mol. The van der Waals surface area contributed by atoms with Crippen molar-refractivity contribution in [1.82, 2.24) is 55.5 Å². The van der Waals surface area contributed by atoms with Crippen molar-refractivity contribution in [3.05, 3.63) is 180 Å². The zero-order valence-electron chi connectivity index (χ0n) is 57.0. The minimum absolute atomic E-state index is 0.0663. The van der Waals surface area contributed by atoms with Crippen molar-refractivity contribution in [3.63, 3.8) is 0 Å². The molecule has 9 amide bonds. The van der Waals surface area contributed by atoms with Gasteiger partial charge in [0.1, 0.15) is 0 Å². The van der Waals surface area contributed by atoms with Crippen LogP contribution >= 0.6 is 0 Å². The normalized spacial score (nSPS) is 14.8. The molecule has 100 heavy (non-hydrogen) atoms. The standard InChI is InChI=1S/C76H91N15O9/c1-2-68(92)81-46-55-43-56(73(97)79-35-33-77-69(93)27-25-58-47-88(51-82-58)37-13-11-15-53-29-39-86(40-30-53)49-71(95)90-64-21-7-3-17-60(64)75(99)84-62-19-5-9-23-66(62)90)45-57(44-55)74(98)80-36-34-78-70(94)28-26-59-48-89(52-83-59)38-14-12-16-54-31-41-87(42-32-54)50-72(96)91-65-22-8-4-18-61(65)76(100)85-63-20-6-10-24-67(63)91/h3-10,17-24,43-45,47-48,51-54H,2,11-16,25-42,46,49-50H2,1H3,(H,77,93)(H,78,94)(H,79,97)(H,80,98)(H,81,92)(H,84,99)(H,85,100). The third-order valence-electron chi connectivity index (χ3n) is 19.1. The highest BCUT2D eigenvalue weighted by Gasteiger charge is 2.33. The topological polar surface area (TPSA) is 286 Å². The molecule has 0 atom stereocenters. The molecule has 0 unspecified atom stereocenters. The average molecular weight is 1360 g/mol. The van der Waals surface area contributed by atoms with Gasteiger partial charge in [-0.3, -0.25) is 62.8 Å². The number of nitrogens with one attached hydrogen (secondary N) is 7. The number of piperidine rings is 2. The average Bonchev–Trinajstić information content (AvgIpc) is 1.59. The molecule has 0 aliphatic carbocycles. The number of hydrogen-bond acceptors (Lipinski definition) is 13. The van der Waals surface area contributed by atoms with E-state index in [1.807, 2.05) is 97.3 Å². The Kier molecular flexibility index (Phi) is 24.8. The molecule has 7 aromatic rings. The van der Waals surface area contributed by atoms with Crippen LogP contribution in [-0.2, 0) is 56.4 Å². The lowest BCUT2D eigenvalue weighted by atomic mass is 9.91. The number of nitrogens with zero attached hydrogens (tertiary/aromatic N) is 8. The number of likely N-dealkylation sites (tertiary alicyclic amines) is 2. The molecule has 524 valence electrons. The number of fused-ring (bicyclic) bond motifs is 4. The summed E-state index contributed by atoms with van der Waals surface area (Å²) in [4.78, 5) is 136. The molecule has 2 aromatic heterocycles. The van der Waals surface area contributed by atoms with E-state index in [-0.39, 0.29) is 118 Å². The summed E-state index contributed by atoms with van der Waals surface area (Å²) in [6.45, 7) is 8.00. The number of aromatic nitrogens is 4. The number of amides is 9. The Labute approximate surface area is 583 Å². The molecule has 6 heterocycles. The molecular weight excluding hydrogens is 1270 g/mol. The fourth-order valence-electron chi connectivity index (χ4n) is 13.6. The summed E-state index contributed by atoms with van der Waals surface area (Å²) >= 11 is 0. The summed E-state index contributed by atoms with van der Waals surface area (Å²) in [5, 5.41) is 20.1. The van der Waals surface area contributed by atoms with E-state index in [0.29, 0.717) is 75.5 Å². The van der Waals surface area contributed by atoms with E-state index < -0.39 is 11.8 Å². The van der Waals surface area contributed by atoms with Crippen LogP contribution in [0.5, 0.6) is 0 Å². The van der Waals surface area contributed by atoms with Gasteiger partial charge < -0.3 is 46.4 Å². The highest BCUT2D eigenvalue weighted by molar-refractivity contribution is 6.19. The van der Waals surface area contributed by atoms with Crippen molar-refractivity contribution in [2.45, 2.75) is 123 Å². The summed E-state index contributed by atoms with van der Waals surface area (Å²) in [6, 6.07) is 34.0. The minimum atomic E-state index is -0.455. The van der Waals surface area contributed by atoms with Gasteiger partial charge in [-0.2, -0.15) is 0 Å². The Balaban J connectivity index is 0.527. The fraction of sp³-hybridized carbons (Fsp3) is 0.408. The maximum atomic E-state index is 13.9. The largest absolute Gasteiger partial charge is 0.354 e. The summed E-state index contributed by atoms with van der Waals surface area (Å²) in [6.07, 6.45) is 19.6. The number of unbranched alkanes of at least 4 members (excludes halogenated alkanes) is 2. The van der Waals surface area contributed by atoms with Gasteiger partial charge in [0.25, 0.3) is 23.6 Å². The molecule has 11 rings (SSSR count). The van der Waals surface area contributed by atoms with Gasteiger partial charge >= 0.3 is 0 Å². The van der Waals surface area contributed by atoms with Crippen molar-refractivity contribution in [2.75, 3.05) is 85.9 Å². The molecule has 4 aliphatic heterocycles. The van der Waals surface area contributed by atoms with Crippen LogP contribution in [-0.4, -0.2) is 148 Å². The number of anilines is 6.